The van der Waals surface area contributed by atoms with Crippen LogP contribution in [0.2, 0.25) is 0 Å². The van der Waals surface area contributed by atoms with Gasteiger partial charge in [0, 0.05) is 30.1 Å². The molecule has 0 spiro atoms. The maximum atomic E-state index is 4.26. The zero-order chi connectivity index (χ0) is 14.2. The molecule has 1 aromatic carbocycles. The van der Waals surface area contributed by atoms with Crippen molar-refractivity contribution in [1.29, 1.82) is 0 Å². The third-order valence-electron chi connectivity index (χ3n) is 3.78. The Morgan fingerprint density at radius 3 is 2.55 bits per heavy atom. The molecule has 5 nitrogen and oxygen atoms in total. The van der Waals surface area contributed by atoms with Crippen molar-refractivity contribution in [3.8, 4) is 0 Å². The van der Waals surface area contributed by atoms with Crippen molar-refractivity contribution in [1.82, 2.24) is 14.9 Å². The minimum Gasteiger partial charge on any atom is -0.347 e. The van der Waals surface area contributed by atoms with E-state index in [4.69, 9.17) is 0 Å². The van der Waals surface area contributed by atoms with Crippen molar-refractivity contribution >= 4 is 11.9 Å². The monoisotopic (exact) mass is 267 g/mol. The number of anilines is 1. The zero-order valence-corrected chi connectivity index (χ0v) is 11.9. The number of allylic oxidation sites excluding steroid dienone is 2. The molecule has 0 amide bonds. The second kappa shape index (κ2) is 4.59. The Kier molecular flexibility index (Phi) is 2.89. The molecule has 2 aromatic rings. The Morgan fingerprint density at radius 1 is 1.15 bits per heavy atom. The summed E-state index contributed by atoms with van der Waals surface area (Å²) in [5.74, 6) is 0. The summed E-state index contributed by atoms with van der Waals surface area (Å²) in [6.45, 7) is 4.46. The van der Waals surface area contributed by atoms with E-state index >= 15 is 0 Å². The molecule has 20 heavy (non-hydrogen) atoms. The number of aromatic nitrogens is 3. The average Bonchev–Trinajstić information content (AvgIpc) is 3.01. The van der Waals surface area contributed by atoms with Crippen LogP contribution in [0, 0.1) is 0 Å². The van der Waals surface area contributed by atoms with E-state index in [2.05, 4.69) is 65.4 Å². The highest BCUT2D eigenvalue weighted by Crippen LogP contribution is 2.46. The van der Waals surface area contributed by atoms with E-state index in [1.807, 2.05) is 6.08 Å². The molecule has 0 saturated heterocycles. The summed E-state index contributed by atoms with van der Waals surface area (Å²) in [7, 11) is 2.09. The maximum Gasteiger partial charge on any atom is 0.141 e. The molecular weight excluding hydrogens is 250 g/mol. The first kappa shape index (κ1) is 12.6. The second-order valence-corrected chi connectivity index (χ2v) is 5.36. The van der Waals surface area contributed by atoms with Crippen LogP contribution >= 0.6 is 0 Å². The number of para-hydroxylation sites is 1. The van der Waals surface area contributed by atoms with E-state index in [-0.39, 0.29) is 5.41 Å². The van der Waals surface area contributed by atoms with Crippen LogP contribution in [-0.4, -0.2) is 28.1 Å². The smallest absolute Gasteiger partial charge is 0.141 e. The second-order valence-electron chi connectivity index (χ2n) is 5.36. The van der Waals surface area contributed by atoms with Crippen molar-refractivity contribution < 1.29 is 0 Å². The van der Waals surface area contributed by atoms with Crippen LogP contribution in [0.5, 0.6) is 0 Å². The lowest BCUT2D eigenvalue weighted by Crippen LogP contribution is -2.23. The first-order chi connectivity index (χ1) is 9.60. The number of likely N-dealkylation sites (N-methyl/N-ethyl adjacent to an activating group) is 1. The van der Waals surface area contributed by atoms with Crippen LogP contribution < -0.4 is 4.90 Å². The average molecular weight is 267 g/mol. The fraction of sp³-hybridized carbons (Fsp3) is 0.267. The lowest BCUT2D eigenvalue weighted by Gasteiger charge is -2.23. The van der Waals surface area contributed by atoms with Gasteiger partial charge in [-0.3, -0.25) is 0 Å². The highest BCUT2D eigenvalue weighted by Gasteiger charge is 2.37. The molecule has 1 aliphatic rings. The van der Waals surface area contributed by atoms with Crippen LogP contribution in [0.15, 0.2) is 53.8 Å². The fourth-order valence-electron chi connectivity index (χ4n) is 2.74. The highest BCUT2D eigenvalue weighted by molar-refractivity contribution is 5.79. The molecule has 0 unspecified atom stereocenters. The van der Waals surface area contributed by atoms with E-state index in [9.17, 15) is 0 Å². The predicted octanol–water partition coefficient (Wildman–Crippen LogP) is 2.42. The van der Waals surface area contributed by atoms with Gasteiger partial charge < -0.3 is 4.90 Å². The van der Waals surface area contributed by atoms with E-state index in [1.54, 1.807) is 23.5 Å². The van der Waals surface area contributed by atoms with Gasteiger partial charge in [-0.1, -0.05) is 32.0 Å². The zero-order valence-electron chi connectivity index (χ0n) is 11.9. The Bertz CT molecular complexity index is 667. The Labute approximate surface area is 118 Å². The van der Waals surface area contributed by atoms with Crippen LogP contribution in [0.4, 0.5) is 5.69 Å². The molecule has 5 heteroatoms. The summed E-state index contributed by atoms with van der Waals surface area (Å²) in [5, 5.41) is 11.7. The van der Waals surface area contributed by atoms with Crippen molar-refractivity contribution in [2.45, 2.75) is 19.3 Å². The van der Waals surface area contributed by atoms with E-state index < -0.39 is 0 Å². The first-order valence-electron chi connectivity index (χ1n) is 6.53. The van der Waals surface area contributed by atoms with E-state index in [0.29, 0.717) is 0 Å². The topological polar surface area (TPSA) is 46.3 Å². The van der Waals surface area contributed by atoms with Gasteiger partial charge in [0.05, 0.1) is 0 Å². The minimum atomic E-state index is -0.0233. The summed E-state index contributed by atoms with van der Waals surface area (Å²) in [4.78, 5) is 2.22. The Balaban J connectivity index is 1.95. The molecule has 2 heterocycles. The molecule has 0 fully saturated rings. The van der Waals surface area contributed by atoms with Crippen LogP contribution in [-0.2, 0) is 5.41 Å². The van der Waals surface area contributed by atoms with Gasteiger partial charge in [0.15, 0.2) is 0 Å². The number of hydrogen-bond acceptors (Lipinski definition) is 4. The quantitative estimate of drug-likeness (QED) is 0.785. The van der Waals surface area contributed by atoms with Gasteiger partial charge >= 0.3 is 0 Å². The van der Waals surface area contributed by atoms with Gasteiger partial charge in [-0.05, 0) is 17.7 Å². The molecule has 0 radical (unpaired) electrons. The van der Waals surface area contributed by atoms with Crippen molar-refractivity contribution in [3.63, 3.8) is 0 Å². The SMILES string of the molecule is CN1/C(=C\C=N/n2cnnc2)C(C)(C)c2ccccc21. The van der Waals surface area contributed by atoms with Gasteiger partial charge in [0.1, 0.15) is 12.7 Å². The Morgan fingerprint density at radius 2 is 1.85 bits per heavy atom. The summed E-state index contributed by atoms with van der Waals surface area (Å²) in [6.07, 6.45) is 6.95. The summed E-state index contributed by atoms with van der Waals surface area (Å²) >= 11 is 0. The van der Waals surface area contributed by atoms with Gasteiger partial charge in [-0.2, -0.15) is 5.10 Å². The standard InChI is InChI=1S/C15H17N5/c1-15(2)12-6-4-5-7-13(12)19(3)14(15)8-9-18-20-10-16-17-11-20/h4-11H,1-3H3/b14-8-,18-9-. The molecular formula is C15H17N5. The van der Waals surface area contributed by atoms with Gasteiger partial charge in [-0.15, -0.1) is 10.2 Å². The molecule has 0 saturated carbocycles. The van der Waals surface area contributed by atoms with Crippen LogP contribution in [0.1, 0.15) is 19.4 Å². The van der Waals surface area contributed by atoms with Gasteiger partial charge in [-0.25, -0.2) is 4.68 Å². The van der Waals surface area contributed by atoms with E-state index in [0.717, 1.165) is 0 Å². The normalized spacial score (nSPS) is 18.9. The number of benzene rings is 1. The molecule has 3 rings (SSSR count). The van der Waals surface area contributed by atoms with Crippen LogP contribution in [0.3, 0.4) is 0 Å². The summed E-state index contributed by atoms with van der Waals surface area (Å²) in [5.41, 5.74) is 3.79. The van der Waals surface area contributed by atoms with Gasteiger partial charge in [0.2, 0.25) is 0 Å². The van der Waals surface area contributed by atoms with Crippen LogP contribution in [0.25, 0.3) is 0 Å². The summed E-state index contributed by atoms with van der Waals surface area (Å²) in [6, 6.07) is 8.49. The number of rotatable bonds is 2. The molecule has 1 aromatic heterocycles. The van der Waals surface area contributed by atoms with E-state index in [1.165, 1.54) is 16.9 Å². The third kappa shape index (κ3) is 1.91. The van der Waals surface area contributed by atoms with Crippen molar-refractivity contribution in [2.24, 2.45) is 5.10 Å². The molecule has 0 atom stereocenters. The molecule has 102 valence electrons. The third-order valence-corrected chi connectivity index (χ3v) is 3.78. The van der Waals surface area contributed by atoms with Crippen molar-refractivity contribution in [2.75, 3.05) is 11.9 Å². The fourth-order valence-corrected chi connectivity index (χ4v) is 2.74. The molecule has 1 aliphatic heterocycles. The van der Waals surface area contributed by atoms with Crippen molar-refractivity contribution in [3.05, 3.63) is 54.3 Å². The summed E-state index contributed by atoms with van der Waals surface area (Å²) < 4.78 is 1.58. The molecule has 0 N–H and O–H groups in total. The largest absolute Gasteiger partial charge is 0.347 e. The predicted molar refractivity (Wildman–Crippen MR) is 79.9 cm³/mol. The van der Waals surface area contributed by atoms with Gasteiger partial charge in [0.25, 0.3) is 0 Å². The number of hydrogen-bond donors (Lipinski definition) is 0. The Hall–Kier alpha value is -2.43. The number of fused-ring (bicyclic) bond motifs is 1. The molecule has 0 aliphatic carbocycles. The highest BCUT2D eigenvalue weighted by atomic mass is 15.4. The maximum absolute atomic E-state index is 4.26. The molecule has 0 bridgehead atoms. The lowest BCUT2D eigenvalue weighted by molar-refractivity contribution is 0.641. The first-order valence-corrected chi connectivity index (χ1v) is 6.53. The number of nitrogens with zero attached hydrogens (tertiary/aromatic N) is 5. The lowest BCUT2D eigenvalue weighted by atomic mass is 9.84. The minimum absolute atomic E-state index is 0.0233.